The largest absolute Gasteiger partial charge is 0.322 e. The van der Waals surface area contributed by atoms with Crippen LogP contribution >= 0.6 is 11.6 Å². The van der Waals surface area contributed by atoms with E-state index < -0.39 is 32.6 Å². The van der Waals surface area contributed by atoms with Gasteiger partial charge in [0.1, 0.15) is 11.6 Å². The van der Waals surface area contributed by atoms with Crippen LogP contribution in [0, 0.1) is 11.6 Å². The van der Waals surface area contributed by atoms with Crippen LogP contribution in [-0.2, 0) is 10.0 Å². The quantitative estimate of drug-likeness (QED) is 0.597. The highest BCUT2D eigenvalue weighted by Gasteiger charge is 2.25. The fourth-order valence-electron chi connectivity index (χ4n) is 2.14. The van der Waals surface area contributed by atoms with E-state index in [1.807, 2.05) is 0 Å². The molecular formula is C16H11ClF2N4O3S. The van der Waals surface area contributed by atoms with Crippen molar-refractivity contribution in [2.24, 2.45) is 0 Å². The Kier molecular flexibility index (Phi) is 5.10. The van der Waals surface area contributed by atoms with E-state index in [2.05, 4.69) is 20.2 Å². The second kappa shape index (κ2) is 7.33. The Hall–Kier alpha value is -2.98. The molecular weight excluding hydrogens is 402 g/mol. The zero-order chi connectivity index (χ0) is 19.6. The van der Waals surface area contributed by atoms with Crippen LogP contribution in [0.2, 0.25) is 5.02 Å². The third-order valence-corrected chi connectivity index (χ3v) is 5.03. The number of aromatic nitrogens is 2. The SMILES string of the molecule is O=C(Nc1ccc(F)c(Cl)c1)c1cn[nH]c1S(=O)(=O)Nc1ccc(F)cc1. The van der Waals surface area contributed by atoms with Gasteiger partial charge >= 0.3 is 0 Å². The summed E-state index contributed by atoms with van der Waals surface area (Å²) in [5.74, 6) is -1.99. The molecule has 0 atom stereocenters. The topological polar surface area (TPSA) is 104 Å². The number of hydrogen-bond donors (Lipinski definition) is 3. The highest BCUT2D eigenvalue weighted by atomic mass is 35.5. The lowest BCUT2D eigenvalue weighted by Crippen LogP contribution is -2.19. The molecule has 0 unspecified atom stereocenters. The summed E-state index contributed by atoms with van der Waals surface area (Å²) in [7, 11) is -4.20. The second-order valence-corrected chi connectivity index (χ2v) is 7.33. The maximum Gasteiger partial charge on any atom is 0.279 e. The number of nitrogens with one attached hydrogen (secondary N) is 3. The van der Waals surface area contributed by atoms with Crippen molar-refractivity contribution in [1.82, 2.24) is 10.2 Å². The van der Waals surface area contributed by atoms with E-state index in [0.717, 1.165) is 24.4 Å². The van der Waals surface area contributed by atoms with Crippen molar-refractivity contribution < 1.29 is 22.0 Å². The molecule has 2 aromatic carbocycles. The molecule has 3 N–H and O–H groups in total. The summed E-state index contributed by atoms with van der Waals surface area (Å²) < 4.78 is 53.3. The van der Waals surface area contributed by atoms with E-state index in [1.165, 1.54) is 24.3 Å². The third kappa shape index (κ3) is 4.23. The van der Waals surface area contributed by atoms with Gasteiger partial charge in [-0.25, -0.2) is 8.78 Å². The first-order valence-corrected chi connectivity index (χ1v) is 9.20. The van der Waals surface area contributed by atoms with Gasteiger partial charge in [0.05, 0.1) is 16.8 Å². The summed E-state index contributed by atoms with van der Waals surface area (Å²) in [6.45, 7) is 0. The number of rotatable bonds is 5. The predicted octanol–water partition coefficient (Wildman–Crippen LogP) is 3.39. The number of carbonyl (C=O) groups excluding carboxylic acids is 1. The summed E-state index contributed by atoms with van der Waals surface area (Å²) in [5, 5.41) is 7.54. The summed E-state index contributed by atoms with van der Waals surface area (Å²) in [6.07, 6.45) is 1.03. The lowest BCUT2D eigenvalue weighted by molar-refractivity contribution is 0.102. The van der Waals surface area contributed by atoms with Crippen LogP contribution in [-0.4, -0.2) is 24.5 Å². The Morgan fingerprint density at radius 3 is 2.41 bits per heavy atom. The molecule has 0 aliphatic heterocycles. The van der Waals surface area contributed by atoms with E-state index >= 15 is 0 Å². The van der Waals surface area contributed by atoms with Gasteiger partial charge in [-0.05, 0) is 42.5 Å². The Labute approximate surface area is 157 Å². The maximum absolute atomic E-state index is 13.2. The number of carbonyl (C=O) groups is 1. The fourth-order valence-corrected chi connectivity index (χ4v) is 3.47. The van der Waals surface area contributed by atoms with Crippen molar-refractivity contribution in [2.45, 2.75) is 5.03 Å². The van der Waals surface area contributed by atoms with Crippen molar-refractivity contribution in [3.8, 4) is 0 Å². The van der Waals surface area contributed by atoms with Gasteiger partial charge in [0.2, 0.25) is 0 Å². The van der Waals surface area contributed by atoms with Crippen LogP contribution in [0.3, 0.4) is 0 Å². The molecule has 3 rings (SSSR count). The highest BCUT2D eigenvalue weighted by Crippen LogP contribution is 2.22. The molecule has 0 spiro atoms. The number of aromatic amines is 1. The lowest BCUT2D eigenvalue weighted by Gasteiger charge is -2.09. The van der Waals surface area contributed by atoms with Crippen LogP contribution in [0.25, 0.3) is 0 Å². The molecule has 0 aliphatic carbocycles. The average Bonchev–Trinajstić information content (AvgIpc) is 3.11. The van der Waals surface area contributed by atoms with Gasteiger partial charge in [0.15, 0.2) is 5.03 Å². The average molecular weight is 413 g/mol. The number of nitrogens with zero attached hydrogens (tertiary/aromatic N) is 1. The van der Waals surface area contributed by atoms with Crippen molar-refractivity contribution >= 4 is 38.9 Å². The predicted molar refractivity (Wildman–Crippen MR) is 95.2 cm³/mol. The third-order valence-electron chi connectivity index (χ3n) is 3.39. The van der Waals surface area contributed by atoms with Gasteiger partial charge in [-0.1, -0.05) is 11.6 Å². The molecule has 0 saturated heterocycles. The molecule has 0 bridgehead atoms. The molecule has 11 heteroatoms. The Morgan fingerprint density at radius 1 is 1.07 bits per heavy atom. The fraction of sp³-hybridized carbons (Fsp3) is 0. The molecule has 0 fully saturated rings. The number of anilines is 2. The number of sulfonamides is 1. The number of amides is 1. The second-order valence-electron chi connectivity index (χ2n) is 5.31. The van der Waals surface area contributed by atoms with Gasteiger partial charge in [-0.15, -0.1) is 0 Å². The lowest BCUT2D eigenvalue weighted by atomic mass is 10.3. The summed E-state index contributed by atoms with van der Waals surface area (Å²) in [4.78, 5) is 12.4. The normalized spacial score (nSPS) is 11.2. The first-order chi connectivity index (χ1) is 12.8. The van der Waals surface area contributed by atoms with E-state index in [4.69, 9.17) is 11.6 Å². The van der Waals surface area contributed by atoms with E-state index in [1.54, 1.807) is 0 Å². The molecule has 0 aliphatic rings. The molecule has 140 valence electrons. The zero-order valence-corrected chi connectivity index (χ0v) is 14.9. The summed E-state index contributed by atoms with van der Waals surface area (Å²) in [5.41, 5.74) is -0.00447. The first-order valence-electron chi connectivity index (χ1n) is 7.34. The highest BCUT2D eigenvalue weighted by molar-refractivity contribution is 7.92. The van der Waals surface area contributed by atoms with Gasteiger partial charge < -0.3 is 5.32 Å². The molecule has 1 aromatic heterocycles. The molecule has 0 radical (unpaired) electrons. The smallest absolute Gasteiger partial charge is 0.279 e. The zero-order valence-electron chi connectivity index (χ0n) is 13.3. The first kappa shape index (κ1) is 18.8. The molecule has 0 saturated carbocycles. The number of benzene rings is 2. The summed E-state index contributed by atoms with van der Waals surface area (Å²) >= 11 is 5.65. The van der Waals surface area contributed by atoms with Crippen molar-refractivity contribution in [3.05, 3.63) is 70.9 Å². The van der Waals surface area contributed by atoms with E-state index in [-0.39, 0.29) is 22.0 Å². The monoisotopic (exact) mass is 412 g/mol. The molecule has 1 heterocycles. The van der Waals surface area contributed by atoms with E-state index in [0.29, 0.717) is 0 Å². The van der Waals surface area contributed by atoms with E-state index in [9.17, 15) is 22.0 Å². The van der Waals surface area contributed by atoms with Crippen molar-refractivity contribution in [1.29, 1.82) is 0 Å². The number of H-pyrrole nitrogens is 1. The minimum atomic E-state index is -4.20. The minimum absolute atomic E-state index is 0.0997. The number of hydrogen-bond acceptors (Lipinski definition) is 4. The Balaban J connectivity index is 1.84. The maximum atomic E-state index is 13.2. The van der Waals surface area contributed by atoms with Crippen LogP contribution in [0.5, 0.6) is 0 Å². The van der Waals surface area contributed by atoms with Crippen molar-refractivity contribution in [3.63, 3.8) is 0 Å². The van der Waals surface area contributed by atoms with Crippen molar-refractivity contribution in [2.75, 3.05) is 10.0 Å². The standard InChI is InChI=1S/C16H11ClF2N4O3S/c17-13-7-11(5-6-14(13)19)21-15(24)12-8-20-22-16(12)27(25,26)23-10-3-1-9(18)2-4-10/h1-8,23H,(H,20,22)(H,21,24). The van der Waals surface area contributed by atoms with Gasteiger partial charge in [-0.2, -0.15) is 13.5 Å². The van der Waals surface area contributed by atoms with Crippen LogP contribution < -0.4 is 10.0 Å². The molecule has 7 nitrogen and oxygen atoms in total. The van der Waals surface area contributed by atoms with Crippen LogP contribution in [0.15, 0.2) is 53.7 Å². The number of halogens is 3. The molecule has 3 aromatic rings. The summed E-state index contributed by atoms with van der Waals surface area (Å²) in [6, 6.07) is 8.12. The van der Waals surface area contributed by atoms with Gasteiger partial charge in [-0.3, -0.25) is 14.6 Å². The minimum Gasteiger partial charge on any atom is -0.322 e. The van der Waals surface area contributed by atoms with Gasteiger partial charge in [0.25, 0.3) is 15.9 Å². The molecule has 1 amide bonds. The Bertz CT molecular complexity index is 1100. The van der Waals surface area contributed by atoms with Gasteiger partial charge in [0, 0.05) is 11.4 Å². The Morgan fingerprint density at radius 2 is 1.74 bits per heavy atom. The molecule has 27 heavy (non-hydrogen) atoms. The van der Waals surface area contributed by atoms with Crippen LogP contribution in [0.1, 0.15) is 10.4 Å². The van der Waals surface area contributed by atoms with Crippen LogP contribution in [0.4, 0.5) is 20.2 Å².